The summed E-state index contributed by atoms with van der Waals surface area (Å²) in [6.07, 6.45) is -5.66. The Morgan fingerprint density at radius 3 is 1.92 bits per heavy atom. The van der Waals surface area contributed by atoms with E-state index in [1.807, 2.05) is 18.2 Å². The quantitative estimate of drug-likeness (QED) is 0.216. The van der Waals surface area contributed by atoms with Gasteiger partial charge in [0.05, 0.1) is 5.52 Å². The number of pyridine rings is 2. The molecule has 0 aliphatic carbocycles. The lowest BCUT2D eigenvalue weighted by atomic mass is 10.2. The molecule has 0 spiro atoms. The molecule has 136 valence electrons. The average molecular weight is 476 g/mol. The fraction of sp³-hybridized carbons (Fsp3) is 0.143. The molecule has 0 fully saturated rings. The summed E-state index contributed by atoms with van der Waals surface area (Å²) in [4.78, 5) is 0. The van der Waals surface area contributed by atoms with Crippen molar-refractivity contribution in [3.8, 4) is 0 Å². The Balaban J connectivity index is 0.000000330. The summed E-state index contributed by atoms with van der Waals surface area (Å²) >= 11 is 0. The molecule has 4 nitrogen and oxygen atoms in total. The Hall–Kier alpha value is -2.05. The molecule has 0 radical (unpaired) electrons. The fourth-order valence-electron chi connectivity index (χ4n) is 1.89. The van der Waals surface area contributed by atoms with E-state index in [0.29, 0.717) is 4.52 Å². The highest BCUT2D eigenvalue weighted by molar-refractivity contribution is 5.58. The van der Waals surface area contributed by atoms with Gasteiger partial charge in [-0.3, -0.25) is 0 Å². The number of hydrogen-bond acceptors (Lipinski definition) is 2. The summed E-state index contributed by atoms with van der Waals surface area (Å²) < 4.78 is 77.2. The van der Waals surface area contributed by atoms with Crippen molar-refractivity contribution in [1.29, 1.82) is 0 Å². The number of nitrogens with zero attached hydrogens (tertiary/aromatic N) is 3. The summed E-state index contributed by atoms with van der Waals surface area (Å²) in [7, 11) is 0. The molecular formula is C14H11F6IN4. The highest BCUT2D eigenvalue weighted by Gasteiger charge is 2.47. The van der Waals surface area contributed by atoms with Crippen molar-refractivity contribution in [3.63, 3.8) is 0 Å². The molecule has 0 aliphatic heterocycles. The van der Waals surface area contributed by atoms with Crippen molar-refractivity contribution in [2.45, 2.75) is 12.4 Å². The number of alkyl halides is 6. The number of hydrogen-bond donors (Lipinski definition) is 1. The highest BCUT2D eigenvalue weighted by atomic mass is 127. The normalized spacial score (nSPS) is 11.4. The van der Waals surface area contributed by atoms with Crippen LogP contribution in [-0.4, -0.2) is 9.61 Å². The smallest absolute Gasteiger partial charge is 0.435 e. The van der Waals surface area contributed by atoms with E-state index in [9.17, 15) is 26.3 Å². The maximum atomic E-state index is 12.6. The molecule has 0 aliphatic rings. The minimum absolute atomic E-state index is 0. The van der Waals surface area contributed by atoms with Crippen LogP contribution in [0.1, 0.15) is 11.3 Å². The van der Waals surface area contributed by atoms with Crippen molar-refractivity contribution >= 4 is 5.52 Å². The number of aromatic nitrogens is 3. The van der Waals surface area contributed by atoms with Gasteiger partial charge in [-0.05, 0) is 12.1 Å². The molecule has 0 amide bonds. The molecule has 3 rings (SSSR count). The van der Waals surface area contributed by atoms with Gasteiger partial charge in [0.15, 0.2) is 18.1 Å². The molecule has 0 saturated carbocycles. The van der Waals surface area contributed by atoms with Gasteiger partial charge in [0.25, 0.3) is 0 Å². The summed E-state index contributed by atoms with van der Waals surface area (Å²) in [6, 6.07) is 9.11. The van der Waals surface area contributed by atoms with Gasteiger partial charge in [-0.15, -0.1) is 0 Å². The first-order valence-electron chi connectivity index (χ1n) is 6.44. The van der Waals surface area contributed by atoms with E-state index in [1.54, 1.807) is 12.4 Å². The van der Waals surface area contributed by atoms with Crippen molar-refractivity contribution in [2.75, 3.05) is 5.84 Å². The van der Waals surface area contributed by atoms with E-state index in [-0.39, 0.29) is 24.0 Å². The minimum Gasteiger partial charge on any atom is -1.00 e. The first-order chi connectivity index (χ1) is 11.1. The average Bonchev–Trinajstić information content (AvgIpc) is 2.88. The van der Waals surface area contributed by atoms with Gasteiger partial charge in [0.1, 0.15) is 5.56 Å². The lowest BCUT2D eigenvalue weighted by Crippen LogP contribution is -3.00. The van der Waals surface area contributed by atoms with E-state index >= 15 is 0 Å². The van der Waals surface area contributed by atoms with Crippen LogP contribution in [0.25, 0.3) is 5.52 Å². The summed E-state index contributed by atoms with van der Waals surface area (Å²) in [5, 5.41) is 2.92. The SMILES string of the molecule is FC(F)(F)c1nn2ccccc2c1C(F)(F)F.N[n+]1ccccc1.[I-]. The molecule has 0 aromatic carbocycles. The Labute approximate surface area is 154 Å². The predicted molar refractivity (Wildman–Crippen MR) is 72.0 cm³/mol. The van der Waals surface area contributed by atoms with Gasteiger partial charge >= 0.3 is 12.4 Å². The molecule has 3 aromatic rings. The van der Waals surface area contributed by atoms with E-state index in [0.717, 1.165) is 12.3 Å². The Kier molecular flexibility index (Phi) is 6.62. The zero-order chi connectivity index (χ0) is 18.0. The minimum atomic E-state index is -5.14. The lowest BCUT2D eigenvalue weighted by molar-refractivity contribution is -0.638. The molecule has 3 aromatic heterocycles. The highest BCUT2D eigenvalue weighted by Crippen LogP contribution is 2.41. The molecule has 0 bridgehead atoms. The van der Waals surface area contributed by atoms with E-state index in [1.165, 1.54) is 16.8 Å². The second kappa shape index (κ2) is 7.89. The zero-order valence-corrected chi connectivity index (χ0v) is 14.4. The first-order valence-corrected chi connectivity index (χ1v) is 6.44. The predicted octanol–water partition coefficient (Wildman–Crippen LogP) is 0.0638. The topological polar surface area (TPSA) is 47.2 Å². The summed E-state index contributed by atoms with van der Waals surface area (Å²) in [6.45, 7) is 0. The van der Waals surface area contributed by atoms with Crippen LogP contribution in [0, 0.1) is 0 Å². The van der Waals surface area contributed by atoms with Crippen LogP contribution < -0.4 is 34.5 Å². The Morgan fingerprint density at radius 2 is 1.48 bits per heavy atom. The number of halogens is 7. The van der Waals surface area contributed by atoms with Crippen LogP contribution in [0.5, 0.6) is 0 Å². The summed E-state index contributed by atoms with van der Waals surface area (Å²) in [5.74, 6) is 5.27. The number of rotatable bonds is 0. The van der Waals surface area contributed by atoms with Gasteiger partial charge in [-0.1, -0.05) is 16.8 Å². The number of nitrogens with two attached hydrogens (primary N) is 1. The largest absolute Gasteiger partial charge is 1.00 e. The van der Waals surface area contributed by atoms with Crippen molar-refractivity contribution < 1.29 is 55.0 Å². The third-order valence-corrected chi connectivity index (χ3v) is 2.83. The van der Waals surface area contributed by atoms with Crippen LogP contribution in [0.4, 0.5) is 26.3 Å². The second-order valence-corrected chi connectivity index (χ2v) is 4.57. The molecule has 11 heteroatoms. The van der Waals surface area contributed by atoms with Crippen molar-refractivity contribution in [3.05, 3.63) is 66.2 Å². The molecule has 25 heavy (non-hydrogen) atoms. The van der Waals surface area contributed by atoms with Gasteiger partial charge in [-0.2, -0.15) is 31.4 Å². The van der Waals surface area contributed by atoms with E-state index in [2.05, 4.69) is 5.10 Å². The van der Waals surface area contributed by atoms with Crippen LogP contribution in [0.2, 0.25) is 0 Å². The van der Waals surface area contributed by atoms with Crippen LogP contribution >= 0.6 is 0 Å². The third kappa shape index (κ3) is 5.21. The van der Waals surface area contributed by atoms with Crippen LogP contribution in [-0.2, 0) is 12.4 Å². The van der Waals surface area contributed by atoms with Gasteiger partial charge in [0, 0.05) is 18.3 Å². The van der Waals surface area contributed by atoms with Crippen molar-refractivity contribution in [1.82, 2.24) is 9.61 Å². The van der Waals surface area contributed by atoms with Gasteiger partial charge in [0.2, 0.25) is 0 Å². The molecule has 3 heterocycles. The lowest BCUT2D eigenvalue weighted by Gasteiger charge is -2.09. The number of nitrogen functional groups attached to an aromatic ring is 1. The van der Waals surface area contributed by atoms with Gasteiger partial charge in [-0.25, -0.2) is 10.4 Å². The maximum absolute atomic E-state index is 12.6. The Morgan fingerprint density at radius 1 is 0.880 bits per heavy atom. The molecule has 0 saturated heterocycles. The molecular weight excluding hydrogens is 465 g/mol. The molecule has 0 atom stereocenters. The summed E-state index contributed by atoms with van der Waals surface area (Å²) in [5.41, 5.74) is -4.30. The second-order valence-electron chi connectivity index (χ2n) is 4.57. The first kappa shape index (κ1) is 21.0. The van der Waals surface area contributed by atoms with Crippen LogP contribution in [0.3, 0.4) is 0 Å². The molecule has 0 unspecified atom stereocenters. The zero-order valence-electron chi connectivity index (χ0n) is 12.3. The van der Waals surface area contributed by atoms with E-state index < -0.39 is 29.1 Å². The standard InChI is InChI=1S/C9H4F6N2.C5H7N2.HI/c10-8(11,12)6-5-3-1-2-4-17(5)16-7(6)9(13,14)15;6-7-4-2-1-3-5-7;/h1-4H;1-5H,6H2;1H/q;+1;/p-1. The van der Waals surface area contributed by atoms with Crippen LogP contribution in [0.15, 0.2) is 55.0 Å². The van der Waals surface area contributed by atoms with Crippen molar-refractivity contribution in [2.24, 2.45) is 0 Å². The Bertz CT molecular complexity index is 814. The third-order valence-electron chi connectivity index (χ3n) is 2.83. The number of fused-ring (bicyclic) bond motifs is 1. The maximum Gasteiger partial charge on any atom is 0.435 e. The fourth-order valence-corrected chi connectivity index (χ4v) is 1.89. The monoisotopic (exact) mass is 476 g/mol. The van der Waals surface area contributed by atoms with Gasteiger partial charge < -0.3 is 24.0 Å². The van der Waals surface area contributed by atoms with E-state index in [4.69, 9.17) is 5.84 Å². The molecule has 2 N–H and O–H groups in total.